The van der Waals surface area contributed by atoms with Crippen LogP contribution in [0.3, 0.4) is 0 Å². The molecular formula is C11H6F3NO4. The van der Waals surface area contributed by atoms with Gasteiger partial charge >= 0.3 is 12.3 Å². The number of benzene rings is 1. The second-order valence-electron chi connectivity index (χ2n) is 3.17. The molecule has 0 bridgehead atoms. The van der Waals surface area contributed by atoms with Crippen LogP contribution in [-0.2, 0) is 4.74 Å². The van der Waals surface area contributed by atoms with E-state index in [1.165, 1.54) is 6.07 Å². The highest BCUT2D eigenvalue weighted by molar-refractivity contribution is 5.97. The number of ether oxygens (including phenoxy) is 2. The van der Waals surface area contributed by atoms with E-state index in [0.717, 1.165) is 19.2 Å². The van der Waals surface area contributed by atoms with E-state index in [-0.39, 0.29) is 11.8 Å². The van der Waals surface area contributed by atoms with Gasteiger partial charge in [0.15, 0.2) is 12.0 Å². The third-order valence-corrected chi connectivity index (χ3v) is 2.06. The van der Waals surface area contributed by atoms with E-state index < -0.39 is 29.2 Å². The first-order chi connectivity index (χ1) is 8.84. The number of hydrogen-bond acceptors (Lipinski definition) is 5. The van der Waals surface area contributed by atoms with Crippen LogP contribution in [0.5, 0.6) is 5.75 Å². The number of methoxy groups -OCH3 is 1. The highest BCUT2D eigenvalue weighted by atomic mass is 19.4. The van der Waals surface area contributed by atoms with E-state index >= 15 is 0 Å². The third-order valence-electron chi connectivity index (χ3n) is 2.06. The molecule has 0 radical (unpaired) electrons. The number of alkyl halides is 3. The summed E-state index contributed by atoms with van der Waals surface area (Å²) in [5, 5.41) is 8.70. The second-order valence-corrected chi connectivity index (χ2v) is 3.17. The fourth-order valence-electron chi connectivity index (χ4n) is 1.31. The highest BCUT2D eigenvalue weighted by Gasteiger charge is 2.35. The zero-order valence-electron chi connectivity index (χ0n) is 9.45. The van der Waals surface area contributed by atoms with Crippen molar-refractivity contribution in [1.29, 1.82) is 5.26 Å². The molecule has 0 aliphatic heterocycles. The Bertz CT molecular complexity index is 560. The second kappa shape index (κ2) is 5.39. The van der Waals surface area contributed by atoms with Crippen LogP contribution < -0.4 is 4.74 Å². The Morgan fingerprint density at radius 3 is 2.47 bits per heavy atom. The minimum absolute atomic E-state index is 0.00602. The lowest BCUT2D eigenvalue weighted by Gasteiger charge is -2.14. The molecule has 0 N–H and O–H groups in total. The fraction of sp³-hybridized carbons (Fsp3) is 0.182. The summed E-state index contributed by atoms with van der Waals surface area (Å²) in [7, 11) is 0.957. The molecule has 1 rings (SSSR count). The van der Waals surface area contributed by atoms with Crippen molar-refractivity contribution in [2.45, 2.75) is 6.36 Å². The summed E-state index contributed by atoms with van der Waals surface area (Å²) in [6.07, 6.45) is -5.11. The Balaban J connectivity index is 3.54. The summed E-state index contributed by atoms with van der Waals surface area (Å²) in [6, 6.07) is 3.47. The number of halogens is 3. The Morgan fingerprint density at radius 1 is 1.42 bits per heavy atom. The van der Waals surface area contributed by atoms with Crippen molar-refractivity contribution in [3.05, 3.63) is 28.8 Å². The molecule has 0 saturated heterocycles. The van der Waals surface area contributed by atoms with Crippen molar-refractivity contribution >= 4 is 12.3 Å². The van der Waals surface area contributed by atoms with Crippen molar-refractivity contribution in [3.8, 4) is 11.8 Å². The summed E-state index contributed by atoms with van der Waals surface area (Å²) >= 11 is 0. The SMILES string of the molecule is COC(=O)c1ccc(C#N)c(C=O)c1OC(F)(F)F. The van der Waals surface area contributed by atoms with Gasteiger partial charge in [0.1, 0.15) is 11.6 Å². The van der Waals surface area contributed by atoms with Gasteiger partial charge in [0.25, 0.3) is 0 Å². The van der Waals surface area contributed by atoms with Crippen LogP contribution in [0.25, 0.3) is 0 Å². The maximum absolute atomic E-state index is 12.3. The van der Waals surface area contributed by atoms with Crippen LogP contribution in [0, 0.1) is 11.3 Å². The molecular weight excluding hydrogens is 267 g/mol. The van der Waals surface area contributed by atoms with Gasteiger partial charge in [0.2, 0.25) is 0 Å². The summed E-state index contributed by atoms with van der Waals surface area (Å²) < 4.78 is 44.7. The normalized spacial score (nSPS) is 10.5. The standard InChI is InChI=1S/C11H6F3NO4/c1-18-10(17)7-3-2-6(4-15)8(5-16)9(7)19-11(12,13)14/h2-3,5H,1H3. The molecule has 100 valence electrons. The van der Waals surface area contributed by atoms with Crippen LogP contribution in [0.2, 0.25) is 0 Å². The number of carbonyl (C=O) groups excluding carboxylic acids is 2. The van der Waals surface area contributed by atoms with Gasteiger partial charge < -0.3 is 9.47 Å². The lowest BCUT2D eigenvalue weighted by molar-refractivity contribution is -0.274. The third kappa shape index (κ3) is 3.22. The van der Waals surface area contributed by atoms with Gasteiger partial charge in [-0.2, -0.15) is 5.26 Å². The van der Waals surface area contributed by atoms with Crippen LogP contribution in [0.1, 0.15) is 26.3 Å². The van der Waals surface area contributed by atoms with Gasteiger partial charge in [-0.15, -0.1) is 13.2 Å². The molecule has 8 heteroatoms. The monoisotopic (exact) mass is 273 g/mol. The molecule has 1 aromatic carbocycles. The summed E-state index contributed by atoms with van der Waals surface area (Å²) in [5.41, 5.74) is -1.61. The Morgan fingerprint density at radius 2 is 2.05 bits per heavy atom. The zero-order chi connectivity index (χ0) is 14.6. The van der Waals surface area contributed by atoms with Crippen LogP contribution in [-0.4, -0.2) is 25.7 Å². The topological polar surface area (TPSA) is 76.4 Å². The summed E-state index contributed by atoms with van der Waals surface area (Å²) in [5.74, 6) is -2.17. The number of nitrogens with zero attached hydrogens (tertiary/aromatic N) is 1. The average Bonchev–Trinajstić information content (AvgIpc) is 2.35. The molecule has 0 fully saturated rings. The quantitative estimate of drug-likeness (QED) is 0.622. The summed E-state index contributed by atoms with van der Waals surface area (Å²) in [4.78, 5) is 22.1. The van der Waals surface area contributed by atoms with E-state index in [4.69, 9.17) is 5.26 Å². The Labute approximate surface area is 105 Å². The predicted molar refractivity (Wildman–Crippen MR) is 54.6 cm³/mol. The zero-order valence-corrected chi connectivity index (χ0v) is 9.45. The minimum Gasteiger partial charge on any atom is -0.465 e. The molecule has 0 heterocycles. The van der Waals surface area contributed by atoms with Gasteiger partial charge in [0, 0.05) is 0 Å². The average molecular weight is 273 g/mol. The van der Waals surface area contributed by atoms with Gasteiger partial charge in [0.05, 0.1) is 18.2 Å². The van der Waals surface area contributed by atoms with Gasteiger partial charge in [-0.25, -0.2) is 4.79 Å². The number of rotatable bonds is 3. The smallest absolute Gasteiger partial charge is 0.465 e. The predicted octanol–water partition coefficient (Wildman–Crippen LogP) is 2.06. The Kier molecular flexibility index (Phi) is 4.11. The lowest BCUT2D eigenvalue weighted by atomic mass is 10.0. The van der Waals surface area contributed by atoms with E-state index in [2.05, 4.69) is 9.47 Å². The molecule has 0 unspecified atom stereocenters. The molecule has 1 aromatic rings. The Hall–Kier alpha value is -2.56. The van der Waals surface area contributed by atoms with E-state index in [1.54, 1.807) is 0 Å². The van der Waals surface area contributed by atoms with Crippen molar-refractivity contribution in [3.63, 3.8) is 0 Å². The van der Waals surface area contributed by atoms with Crippen molar-refractivity contribution < 1.29 is 32.2 Å². The first kappa shape index (κ1) is 14.5. The van der Waals surface area contributed by atoms with E-state index in [9.17, 15) is 22.8 Å². The molecule has 0 aliphatic rings. The van der Waals surface area contributed by atoms with Gasteiger partial charge in [-0.05, 0) is 12.1 Å². The molecule has 0 spiro atoms. The molecule has 19 heavy (non-hydrogen) atoms. The van der Waals surface area contributed by atoms with Gasteiger partial charge in [-0.3, -0.25) is 4.79 Å². The molecule has 0 amide bonds. The van der Waals surface area contributed by atoms with E-state index in [1.807, 2.05) is 0 Å². The maximum Gasteiger partial charge on any atom is 0.573 e. The first-order valence-electron chi connectivity index (χ1n) is 4.70. The number of esters is 1. The molecule has 0 aliphatic carbocycles. The van der Waals surface area contributed by atoms with Crippen molar-refractivity contribution in [2.75, 3.05) is 7.11 Å². The largest absolute Gasteiger partial charge is 0.573 e. The molecule has 0 atom stereocenters. The van der Waals surface area contributed by atoms with Crippen LogP contribution in [0.4, 0.5) is 13.2 Å². The van der Waals surface area contributed by atoms with E-state index in [0.29, 0.717) is 0 Å². The van der Waals surface area contributed by atoms with Crippen LogP contribution in [0.15, 0.2) is 12.1 Å². The number of aldehydes is 1. The van der Waals surface area contributed by atoms with Crippen LogP contribution >= 0.6 is 0 Å². The number of carbonyl (C=O) groups is 2. The highest BCUT2D eigenvalue weighted by Crippen LogP contribution is 2.31. The van der Waals surface area contributed by atoms with Crippen molar-refractivity contribution in [2.24, 2.45) is 0 Å². The lowest BCUT2D eigenvalue weighted by Crippen LogP contribution is -2.21. The maximum atomic E-state index is 12.3. The van der Waals surface area contributed by atoms with Crippen molar-refractivity contribution in [1.82, 2.24) is 0 Å². The number of hydrogen-bond donors (Lipinski definition) is 0. The first-order valence-corrected chi connectivity index (χ1v) is 4.70. The summed E-state index contributed by atoms with van der Waals surface area (Å²) in [6.45, 7) is 0. The fourth-order valence-corrected chi connectivity index (χ4v) is 1.31. The minimum atomic E-state index is -5.12. The number of nitriles is 1. The molecule has 5 nitrogen and oxygen atoms in total. The molecule has 0 saturated carbocycles. The van der Waals surface area contributed by atoms with Gasteiger partial charge in [-0.1, -0.05) is 0 Å². The molecule has 0 aromatic heterocycles.